The van der Waals surface area contributed by atoms with Gasteiger partial charge in [-0.15, -0.1) is 0 Å². The van der Waals surface area contributed by atoms with Gasteiger partial charge in [0.1, 0.15) is 5.15 Å². The van der Waals surface area contributed by atoms with Gasteiger partial charge >= 0.3 is 5.97 Å². The lowest BCUT2D eigenvalue weighted by Gasteiger charge is -2.16. The van der Waals surface area contributed by atoms with Crippen LogP contribution in [0.1, 0.15) is 12.1 Å². The van der Waals surface area contributed by atoms with Crippen LogP contribution in [0.15, 0.2) is 12.1 Å². The lowest BCUT2D eigenvalue weighted by atomic mass is 10.1. The van der Waals surface area contributed by atoms with Crippen LogP contribution in [0.4, 0.5) is 5.69 Å². The zero-order chi connectivity index (χ0) is 12.6. The van der Waals surface area contributed by atoms with Gasteiger partial charge in [-0.2, -0.15) is 0 Å². The summed E-state index contributed by atoms with van der Waals surface area (Å²) in [4.78, 5) is 28.0. The molecule has 1 aromatic heterocycles. The summed E-state index contributed by atoms with van der Waals surface area (Å²) >= 11 is 5.81. The second-order valence-corrected chi connectivity index (χ2v) is 4.42. The molecule has 0 spiro atoms. The Hall–Kier alpha value is -1.62. The maximum absolute atomic E-state index is 11.7. The zero-order valence-electron chi connectivity index (χ0n) is 9.18. The SMILES string of the molecule is Cc1cc(N2CC(C(=O)O)CC2=O)cc(Cl)n1. The number of pyridine rings is 1. The predicted octanol–water partition coefficient (Wildman–Crippen LogP) is 1.48. The van der Waals surface area contributed by atoms with Gasteiger partial charge in [-0.3, -0.25) is 9.59 Å². The molecule has 1 aliphatic heterocycles. The Kier molecular flexibility index (Phi) is 3.02. The Balaban J connectivity index is 2.28. The minimum Gasteiger partial charge on any atom is -0.481 e. The summed E-state index contributed by atoms with van der Waals surface area (Å²) in [5, 5.41) is 9.19. The third-order valence-electron chi connectivity index (χ3n) is 2.69. The number of anilines is 1. The minimum absolute atomic E-state index is 0.0360. The van der Waals surface area contributed by atoms with E-state index in [4.69, 9.17) is 16.7 Å². The van der Waals surface area contributed by atoms with Crippen LogP contribution >= 0.6 is 11.6 Å². The molecular weight excluding hydrogens is 244 g/mol. The van der Waals surface area contributed by atoms with Crippen molar-refractivity contribution in [1.82, 2.24) is 4.98 Å². The number of aryl methyl sites for hydroxylation is 1. The molecule has 0 saturated carbocycles. The number of carboxylic acids is 1. The molecule has 1 aliphatic rings. The number of aliphatic carboxylic acids is 1. The lowest BCUT2D eigenvalue weighted by Crippen LogP contribution is -2.25. The number of aromatic nitrogens is 1. The standard InChI is InChI=1S/C11H11ClN2O3/c1-6-2-8(4-9(12)13-6)14-5-7(11(16)17)3-10(14)15/h2,4,7H,3,5H2,1H3,(H,16,17). The molecule has 1 fully saturated rings. The van der Waals surface area contributed by atoms with Gasteiger partial charge in [0, 0.05) is 24.3 Å². The Morgan fingerprint density at radius 1 is 1.59 bits per heavy atom. The monoisotopic (exact) mass is 254 g/mol. The van der Waals surface area contributed by atoms with Crippen molar-refractivity contribution in [3.63, 3.8) is 0 Å². The Bertz CT molecular complexity index is 469. The topological polar surface area (TPSA) is 70.5 Å². The fourth-order valence-electron chi connectivity index (χ4n) is 1.89. The largest absolute Gasteiger partial charge is 0.481 e. The maximum Gasteiger partial charge on any atom is 0.308 e. The van der Waals surface area contributed by atoms with Crippen molar-refractivity contribution in [2.45, 2.75) is 13.3 Å². The highest BCUT2D eigenvalue weighted by atomic mass is 35.5. The van der Waals surface area contributed by atoms with Crippen LogP contribution in [-0.2, 0) is 9.59 Å². The first kappa shape index (κ1) is 11.9. The highest BCUT2D eigenvalue weighted by Gasteiger charge is 2.35. The molecule has 0 radical (unpaired) electrons. The Morgan fingerprint density at radius 3 is 2.82 bits per heavy atom. The number of nitrogens with zero attached hydrogens (tertiary/aromatic N) is 2. The van der Waals surface area contributed by atoms with Crippen molar-refractivity contribution >= 4 is 29.2 Å². The quantitative estimate of drug-likeness (QED) is 0.812. The summed E-state index contributed by atoms with van der Waals surface area (Å²) in [6, 6.07) is 3.28. The molecule has 5 nitrogen and oxygen atoms in total. The normalized spacial score (nSPS) is 19.8. The van der Waals surface area contributed by atoms with Crippen molar-refractivity contribution in [2.75, 3.05) is 11.4 Å². The van der Waals surface area contributed by atoms with Gasteiger partial charge in [0.25, 0.3) is 0 Å². The molecular formula is C11H11ClN2O3. The van der Waals surface area contributed by atoms with Crippen LogP contribution < -0.4 is 4.90 Å². The number of hydrogen-bond donors (Lipinski definition) is 1. The van der Waals surface area contributed by atoms with Crippen molar-refractivity contribution in [3.05, 3.63) is 23.0 Å². The van der Waals surface area contributed by atoms with E-state index in [0.29, 0.717) is 16.5 Å². The molecule has 1 saturated heterocycles. The summed E-state index contributed by atoms with van der Waals surface area (Å²) in [6.07, 6.45) is 0.0360. The van der Waals surface area contributed by atoms with Crippen LogP contribution in [0.5, 0.6) is 0 Å². The second-order valence-electron chi connectivity index (χ2n) is 4.03. The van der Waals surface area contributed by atoms with E-state index in [1.54, 1.807) is 19.1 Å². The molecule has 0 aromatic carbocycles. The van der Waals surface area contributed by atoms with Crippen molar-refractivity contribution < 1.29 is 14.7 Å². The third-order valence-corrected chi connectivity index (χ3v) is 2.89. The Labute approximate surface area is 103 Å². The predicted molar refractivity (Wildman–Crippen MR) is 62.1 cm³/mol. The van der Waals surface area contributed by atoms with Crippen LogP contribution in [0.3, 0.4) is 0 Å². The molecule has 1 aromatic rings. The van der Waals surface area contributed by atoms with Crippen LogP contribution in [0.25, 0.3) is 0 Å². The fourth-order valence-corrected chi connectivity index (χ4v) is 2.13. The first-order valence-electron chi connectivity index (χ1n) is 5.14. The van der Waals surface area contributed by atoms with E-state index in [-0.39, 0.29) is 18.9 Å². The maximum atomic E-state index is 11.7. The molecule has 1 atom stereocenters. The highest BCUT2D eigenvalue weighted by Crippen LogP contribution is 2.27. The number of carbonyl (C=O) groups excluding carboxylic acids is 1. The smallest absolute Gasteiger partial charge is 0.308 e. The van der Waals surface area contributed by atoms with E-state index in [0.717, 1.165) is 0 Å². The van der Waals surface area contributed by atoms with Crippen molar-refractivity contribution in [1.29, 1.82) is 0 Å². The van der Waals surface area contributed by atoms with Crippen LogP contribution in [0.2, 0.25) is 5.15 Å². The van der Waals surface area contributed by atoms with E-state index in [1.807, 2.05) is 0 Å². The van der Waals surface area contributed by atoms with Crippen molar-refractivity contribution in [2.24, 2.45) is 5.92 Å². The highest BCUT2D eigenvalue weighted by molar-refractivity contribution is 6.29. The van der Waals surface area contributed by atoms with Gasteiger partial charge in [-0.05, 0) is 19.1 Å². The van der Waals surface area contributed by atoms with Gasteiger partial charge in [-0.25, -0.2) is 4.98 Å². The molecule has 1 unspecified atom stereocenters. The van der Waals surface area contributed by atoms with Crippen LogP contribution in [-0.4, -0.2) is 28.5 Å². The van der Waals surface area contributed by atoms with Crippen molar-refractivity contribution in [3.8, 4) is 0 Å². The molecule has 1 N–H and O–H groups in total. The van der Waals surface area contributed by atoms with Gasteiger partial charge in [0.05, 0.1) is 5.92 Å². The molecule has 1 amide bonds. The number of rotatable bonds is 2. The van der Waals surface area contributed by atoms with E-state index in [9.17, 15) is 9.59 Å². The third kappa shape index (κ3) is 2.39. The first-order chi connectivity index (χ1) is 7.97. The molecule has 90 valence electrons. The average molecular weight is 255 g/mol. The van der Waals surface area contributed by atoms with E-state index in [1.165, 1.54) is 4.90 Å². The lowest BCUT2D eigenvalue weighted by molar-refractivity contribution is -0.141. The molecule has 0 aliphatic carbocycles. The Morgan fingerprint density at radius 2 is 2.29 bits per heavy atom. The minimum atomic E-state index is -0.947. The number of halogens is 1. The van der Waals surface area contributed by atoms with E-state index >= 15 is 0 Å². The summed E-state index contributed by atoms with van der Waals surface area (Å²) in [5.41, 5.74) is 1.30. The zero-order valence-corrected chi connectivity index (χ0v) is 9.94. The average Bonchev–Trinajstić information content (AvgIpc) is 2.59. The number of hydrogen-bond acceptors (Lipinski definition) is 3. The molecule has 0 bridgehead atoms. The second kappa shape index (κ2) is 4.33. The van der Waals surface area contributed by atoms with Gasteiger partial charge in [0.15, 0.2) is 0 Å². The number of carboxylic acid groups (broad SMARTS) is 1. The first-order valence-corrected chi connectivity index (χ1v) is 5.52. The molecule has 17 heavy (non-hydrogen) atoms. The molecule has 2 heterocycles. The van der Waals surface area contributed by atoms with Gasteiger partial charge < -0.3 is 10.0 Å². The van der Waals surface area contributed by atoms with Gasteiger partial charge in [0.2, 0.25) is 5.91 Å². The van der Waals surface area contributed by atoms with E-state index < -0.39 is 11.9 Å². The summed E-state index contributed by atoms with van der Waals surface area (Å²) in [6.45, 7) is 1.96. The summed E-state index contributed by atoms with van der Waals surface area (Å²) in [7, 11) is 0. The molecule has 6 heteroatoms. The number of amides is 1. The fraction of sp³-hybridized carbons (Fsp3) is 0.364. The summed E-state index contributed by atoms with van der Waals surface area (Å²) < 4.78 is 0. The number of carbonyl (C=O) groups is 2. The van der Waals surface area contributed by atoms with E-state index in [2.05, 4.69) is 4.98 Å². The summed E-state index contributed by atoms with van der Waals surface area (Å²) in [5.74, 6) is -1.79. The van der Waals surface area contributed by atoms with Gasteiger partial charge in [-0.1, -0.05) is 11.6 Å². The van der Waals surface area contributed by atoms with Crippen LogP contribution in [0, 0.1) is 12.8 Å². The molecule has 2 rings (SSSR count).